The van der Waals surface area contributed by atoms with Gasteiger partial charge in [0.25, 0.3) is 0 Å². The van der Waals surface area contributed by atoms with Gasteiger partial charge in [-0.25, -0.2) is 9.18 Å². The lowest BCUT2D eigenvalue weighted by molar-refractivity contribution is 0.0601. The Bertz CT molecular complexity index is 371. The molecule has 1 rings (SSSR count). The molecule has 0 spiro atoms. The summed E-state index contributed by atoms with van der Waals surface area (Å²) >= 11 is 5.62. The van der Waals surface area contributed by atoms with Gasteiger partial charge in [-0.15, -0.1) is 0 Å². The third-order valence-electron chi connectivity index (χ3n) is 1.62. The molecule has 0 radical (unpaired) electrons. The minimum absolute atomic E-state index is 0.0187. The summed E-state index contributed by atoms with van der Waals surface area (Å²) in [6.45, 7) is 0. The highest BCUT2D eigenvalue weighted by molar-refractivity contribution is 6.33. The van der Waals surface area contributed by atoms with Gasteiger partial charge in [-0.3, -0.25) is 5.84 Å². The lowest BCUT2D eigenvalue weighted by Gasteiger charge is -2.06. The van der Waals surface area contributed by atoms with Gasteiger partial charge >= 0.3 is 5.97 Å². The number of rotatable bonds is 2. The van der Waals surface area contributed by atoms with E-state index < -0.39 is 11.8 Å². The van der Waals surface area contributed by atoms with Crippen LogP contribution in [0.25, 0.3) is 0 Å². The molecule has 0 fully saturated rings. The maximum absolute atomic E-state index is 13.0. The maximum atomic E-state index is 13.0. The van der Waals surface area contributed by atoms with Crippen LogP contribution in [0.4, 0.5) is 10.1 Å². The molecule has 0 aliphatic heterocycles. The van der Waals surface area contributed by atoms with Gasteiger partial charge < -0.3 is 10.2 Å². The molecule has 6 heteroatoms. The minimum atomic E-state index is -0.647. The first kappa shape index (κ1) is 10.7. The van der Waals surface area contributed by atoms with Crippen LogP contribution in [0, 0.1) is 5.82 Å². The molecule has 14 heavy (non-hydrogen) atoms. The lowest BCUT2D eigenvalue weighted by atomic mass is 10.2. The van der Waals surface area contributed by atoms with Crippen molar-refractivity contribution in [3.05, 3.63) is 28.5 Å². The van der Waals surface area contributed by atoms with Crippen molar-refractivity contribution in [2.24, 2.45) is 5.84 Å². The number of benzene rings is 1. The zero-order chi connectivity index (χ0) is 10.7. The molecule has 76 valence electrons. The minimum Gasteiger partial charge on any atom is -0.465 e. The molecule has 4 nitrogen and oxygen atoms in total. The molecule has 0 atom stereocenters. The molecule has 0 saturated heterocycles. The summed E-state index contributed by atoms with van der Waals surface area (Å²) < 4.78 is 17.5. The first-order valence-electron chi connectivity index (χ1n) is 3.64. The van der Waals surface area contributed by atoms with Crippen molar-refractivity contribution < 1.29 is 13.9 Å². The SMILES string of the molecule is COC(=O)c1cc(NN)c(F)cc1Cl. The third-order valence-corrected chi connectivity index (χ3v) is 1.93. The molecule has 1 aromatic rings. The van der Waals surface area contributed by atoms with Crippen LogP contribution in [0.15, 0.2) is 12.1 Å². The number of ether oxygens (including phenoxy) is 1. The highest BCUT2D eigenvalue weighted by atomic mass is 35.5. The van der Waals surface area contributed by atoms with Crippen molar-refractivity contribution >= 4 is 23.3 Å². The van der Waals surface area contributed by atoms with Gasteiger partial charge in [0.15, 0.2) is 0 Å². The van der Waals surface area contributed by atoms with E-state index in [1.165, 1.54) is 13.2 Å². The number of nitrogens with one attached hydrogen (secondary N) is 1. The first-order valence-corrected chi connectivity index (χ1v) is 4.02. The monoisotopic (exact) mass is 218 g/mol. The second-order valence-corrected chi connectivity index (χ2v) is 2.86. The standard InChI is InChI=1S/C8H8ClFN2O2/c1-14-8(13)4-2-7(12-11)6(10)3-5(4)9/h2-3,12H,11H2,1H3. The van der Waals surface area contributed by atoms with Gasteiger partial charge in [-0.1, -0.05) is 11.6 Å². The summed E-state index contributed by atoms with van der Waals surface area (Å²) in [5.41, 5.74) is 2.14. The average Bonchev–Trinajstić information content (AvgIpc) is 2.17. The van der Waals surface area contributed by atoms with E-state index in [0.29, 0.717) is 0 Å². The fourth-order valence-electron chi connectivity index (χ4n) is 0.926. The van der Waals surface area contributed by atoms with Crippen molar-refractivity contribution in [3.63, 3.8) is 0 Å². The summed E-state index contributed by atoms with van der Waals surface area (Å²) in [5, 5.41) is -0.0200. The van der Waals surface area contributed by atoms with Gasteiger partial charge in [-0.05, 0) is 12.1 Å². The van der Waals surface area contributed by atoms with Crippen LogP contribution in [0.3, 0.4) is 0 Å². The number of carbonyl (C=O) groups excluding carboxylic acids is 1. The van der Waals surface area contributed by atoms with Crippen molar-refractivity contribution in [1.82, 2.24) is 0 Å². The summed E-state index contributed by atoms with van der Waals surface area (Å²) in [4.78, 5) is 11.1. The summed E-state index contributed by atoms with van der Waals surface area (Å²) in [6, 6.07) is 2.17. The molecule has 0 amide bonds. The van der Waals surface area contributed by atoms with E-state index in [-0.39, 0.29) is 16.3 Å². The fraction of sp³-hybridized carbons (Fsp3) is 0.125. The summed E-state index contributed by atoms with van der Waals surface area (Å²) in [7, 11) is 1.21. The van der Waals surface area contributed by atoms with E-state index in [2.05, 4.69) is 10.2 Å². The van der Waals surface area contributed by atoms with Gasteiger partial charge in [0.05, 0.1) is 23.4 Å². The van der Waals surface area contributed by atoms with E-state index in [0.717, 1.165) is 6.07 Å². The van der Waals surface area contributed by atoms with Crippen LogP contribution in [0.5, 0.6) is 0 Å². The zero-order valence-corrected chi connectivity index (χ0v) is 8.06. The Labute approximate surface area is 84.8 Å². The number of halogens is 2. The lowest BCUT2D eigenvalue weighted by Crippen LogP contribution is -2.11. The number of methoxy groups -OCH3 is 1. The predicted octanol–water partition coefficient (Wildman–Crippen LogP) is 1.55. The molecule has 0 bridgehead atoms. The number of esters is 1. The molecular weight excluding hydrogens is 211 g/mol. The quantitative estimate of drug-likeness (QED) is 0.449. The second-order valence-electron chi connectivity index (χ2n) is 2.45. The molecule has 0 saturated carbocycles. The molecule has 3 N–H and O–H groups in total. The topological polar surface area (TPSA) is 64.3 Å². The Morgan fingerprint density at radius 2 is 2.29 bits per heavy atom. The smallest absolute Gasteiger partial charge is 0.339 e. The van der Waals surface area contributed by atoms with Gasteiger partial charge in [-0.2, -0.15) is 0 Å². The highest BCUT2D eigenvalue weighted by Crippen LogP contribution is 2.24. The molecule has 0 aliphatic rings. The zero-order valence-electron chi connectivity index (χ0n) is 7.30. The molecule has 0 heterocycles. The van der Waals surface area contributed by atoms with Gasteiger partial charge in [0.1, 0.15) is 5.82 Å². The number of carbonyl (C=O) groups is 1. The largest absolute Gasteiger partial charge is 0.465 e. The van der Waals surface area contributed by atoms with Gasteiger partial charge in [0, 0.05) is 0 Å². The van der Waals surface area contributed by atoms with Crippen LogP contribution in [-0.4, -0.2) is 13.1 Å². The first-order chi connectivity index (χ1) is 6.60. The number of nitrogen functional groups attached to an aromatic ring is 1. The van der Waals surface area contributed by atoms with Crippen LogP contribution < -0.4 is 11.3 Å². The molecular formula is C8H8ClFN2O2. The van der Waals surface area contributed by atoms with Crippen molar-refractivity contribution in [2.75, 3.05) is 12.5 Å². The van der Waals surface area contributed by atoms with Crippen LogP contribution in [0.2, 0.25) is 5.02 Å². The predicted molar refractivity (Wildman–Crippen MR) is 50.6 cm³/mol. The number of anilines is 1. The molecule has 0 aromatic heterocycles. The Kier molecular flexibility index (Phi) is 3.27. The van der Waals surface area contributed by atoms with Crippen LogP contribution in [-0.2, 0) is 4.74 Å². The Hall–Kier alpha value is -1.33. The second kappa shape index (κ2) is 4.26. The molecule has 0 aliphatic carbocycles. The van der Waals surface area contributed by atoms with E-state index >= 15 is 0 Å². The Morgan fingerprint density at radius 1 is 1.64 bits per heavy atom. The Morgan fingerprint density at radius 3 is 2.79 bits per heavy atom. The molecule has 0 unspecified atom stereocenters. The number of hydrazine groups is 1. The van der Waals surface area contributed by atoms with E-state index in [1.54, 1.807) is 0 Å². The van der Waals surface area contributed by atoms with E-state index in [4.69, 9.17) is 17.4 Å². The van der Waals surface area contributed by atoms with Crippen LogP contribution in [0.1, 0.15) is 10.4 Å². The average molecular weight is 219 g/mol. The number of hydrogen-bond donors (Lipinski definition) is 2. The van der Waals surface area contributed by atoms with Crippen molar-refractivity contribution in [3.8, 4) is 0 Å². The normalized spacial score (nSPS) is 9.71. The molecule has 1 aromatic carbocycles. The van der Waals surface area contributed by atoms with Crippen molar-refractivity contribution in [2.45, 2.75) is 0 Å². The van der Waals surface area contributed by atoms with E-state index in [1.807, 2.05) is 0 Å². The maximum Gasteiger partial charge on any atom is 0.339 e. The fourth-order valence-corrected chi connectivity index (χ4v) is 1.15. The van der Waals surface area contributed by atoms with Crippen molar-refractivity contribution in [1.29, 1.82) is 0 Å². The number of nitrogens with two attached hydrogens (primary N) is 1. The number of hydrogen-bond acceptors (Lipinski definition) is 4. The van der Waals surface area contributed by atoms with Gasteiger partial charge in [0.2, 0.25) is 0 Å². The third kappa shape index (κ3) is 1.94. The Balaban J connectivity index is 3.24. The highest BCUT2D eigenvalue weighted by Gasteiger charge is 2.14. The van der Waals surface area contributed by atoms with Crippen LogP contribution >= 0.6 is 11.6 Å². The summed E-state index contributed by atoms with van der Waals surface area (Å²) in [5.74, 6) is 3.75. The summed E-state index contributed by atoms with van der Waals surface area (Å²) in [6.07, 6.45) is 0. The van der Waals surface area contributed by atoms with E-state index in [9.17, 15) is 9.18 Å².